The van der Waals surface area contributed by atoms with Crippen molar-refractivity contribution in [2.75, 3.05) is 13.2 Å². The molecule has 1 aromatic rings. The maximum Gasteiger partial charge on any atom is 0.118 e. The first-order chi connectivity index (χ1) is 5.86. The monoisotopic (exact) mass is 162 g/mol. The normalized spacial score (nSPS) is 19.7. The second-order valence-corrected chi connectivity index (χ2v) is 3.10. The van der Waals surface area contributed by atoms with Crippen LogP contribution in [0.25, 0.3) is 0 Å². The predicted octanol–water partition coefficient (Wildman–Crippen LogP) is 0.0284. The lowest BCUT2D eigenvalue weighted by molar-refractivity contribution is 0.0662. The van der Waals surface area contributed by atoms with E-state index < -0.39 is 0 Å². The average Bonchev–Trinajstić information content (AvgIpc) is 2.54. The van der Waals surface area contributed by atoms with Crippen molar-refractivity contribution >= 4 is 13.3 Å². The molecule has 0 unspecified atom stereocenters. The largest absolute Gasteiger partial charge is 0.381 e. The summed E-state index contributed by atoms with van der Waals surface area (Å²) in [6.45, 7) is 1.68. The molecule has 0 atom stereocenters. The highest BCUT2D eigenvalue weighted by Crippen LogP contribution is 2.18. The third kappa shape index (κ3) is 1.53. The molecular weight excluding hydrogens is 151 g/mol. The SMILES string of the molecule is [B]c1cnn(C2CCOCC2)c1. The van der Waals surface area contributed by atoms with E-state index >= 15 is 0 Å². The van der Waals surface area contributed by atoms with Gasteiger partial charge in [-0.3, -0.25) is 4.68 Å². The van der Waals surface area contributed by atoms with E-state index in [0.29, 0.717) is 6.04 Å². The van der Waals surface area contributed by atoms with E-state index in [4.69, 9.17) is 12.6 Å². The minimum absolute atomic E-state index is 0.482. The van der Waals surface area contributed by atoms with Crippen molar-refractivity contribution in [1.82, 2.24) is 9.78 Å². The molecule has 4 heteroatoms. The van der Waals surface area contributed by atoms with Crippen LogP contribution in [-0.4, -0.2) is 30.8 Å². The van der Waals surface area contributed by atoms with Gasteiger partial charge in [0.05, 0.1) is 6.04 Å². The quantitative estimate of drug-likeness (QED) is 0.544. The fourth-order valence-electron chi connectivity index (χ4n) is 1.50. The topological polar surface area (TPSA) is 27.1 Å². The zero-order valence-corrected chi connectivity index (χ0v) is 6.94. The molecule has 0 aliphatic carbocycles. The summed E-state index contributed by atoms with van der Waals surface area (Å²) in [4.78, 5) is 0. The molecule has 1 saturated heterocycles. The van der Waals surface area contributed by atoms with Crippen molar-refractivity contribution in [3.05, 3.63) is 12.4 Å². The Balaban J connectivity index is 2.08. The molecule has 0 amide bonds. The van der Waals surface area contributed by atoms with E-state index in [1.165, 1.54) is 0 Å². The van der Waals surface area contributed by atoms with E-state index in [2.05, 4.69) is 5.10 Å². The molecule has 1 fully saturated rings. The minimum atomic E-state index is 0.482. The summed E-state index contributed by atoms with van der Waals surface area (Å²) < 4.78 is 7.20. The summed E-state index contributed by atoms with van der Waals surface area (Å²) in [5.41, 5.74) is 0.737. The van der Waals surface area contributed by atoms with Gasteiger partial charge in [-0.15, -0.1) is 0 Å². The van der Waals surface area contributed by atoms with Crippen molar-refractivity contribution in [2.24, 2.45) is 0 Å². The maximum atomic E-state index is 5.57. The van der Waals surface area contributed by atoms with Gasteiger partial charge in [0, 0.05) is 25.6 Å². The molecule has 1 aliphatic heterocycles. The highest BCUT2D eigenvalue weighted by Gasteiger charge is 2.15. The molecular formula is C8H11BN2O. The van der Waals surface area contributed by atoms with Gasteiger partial charge in [0.15, 0.2) is 0 Å². The van der Waals surface area contributed by atoms with Crippen LogP contribution in [0.5, 0.6) is 0 Å². The predicted molar refractivity (Wildman–Crippen MR) is 46.7 cm³/mol. The maximum absolute atomic E-state index is 5.57. The summed E-state index contributed by atoms with van der Waals surface area (Å²) in [6.07, 6.45) is 5.66. The summed E-state index contributed by atoms with van der Waals surface area (Å²) in [7, 11) is 5.57. The van der Waals surface area contributed by atoms with E-state index in [0.717, 1.165) is 31.5 Å². The van der Waals surface area contributed by atoms with E-state index in [-0.39, 0.29) is 0 Å². The van der Waals surface area contributed by atoms with Gasteiger partial charge in [-0.05, 0) is 12.8 Å². The first kappa shape index (κ1) is 7.86. The summed E-state index contributed by atoms with van der Waals surface area (Å²) >= 11 is 0. The zero-order chi connectivity index (χ0) is 8.39. The number of ether oxygens (including phenoxy) is 1. The summed E-state index contributed by atoms with van der Waals surface area (Å²) in [6, 6.07) is 0.482. The van der Waals surface area contributed by atoms with Crippen LogP contribution < -0.4 is 5.46 Å². The van der Waals surface area contributed by atoms with Gasteiger partial charge < -0.3 is 4.74 Å². The minimum Gasteiger partial charge on any atom is -0.381 e. The second-order valence-electron chi connectivity index (χ2n) is 3.10. The van der Waals surface area contributed by atoms with Crippen LogP contribution in [0.4, 0.5) is 0 Å². The average molecular weight is 162 g/mol. The Morgan fingerprint density at radius 3 is 2.83 bits per heavy atom. The lowest BCUT2D eigenvalue weighted by Gasteiger charge is -2.22. The molecule has 2 heterocycles. The van der Waals surface area contributed by atoms with E-state index in [9.17, 15) is 0 Å². The van der Waals surface area contributed by atoms with Gasteiger partial charge in [0.25, 0.3) is 0 Å². The smallest absolute Gasteiger partial charge is 0.118 e. The Bertz CT molecular complexity index is 255. The van der Waals surface area contributed by atoms with Crippen molar-refractivity contribution in [2.45, 2.75) is 18.9 Å². The van der Waals surface area contributed by atoms with Crippen molar-refractivity contribution < 1.29 is 4.74 Å². The molecule has 1 aliphatic rings. The molecule has 0 saturated carbocycles. The number of hydrogen-bond acceptors (Lipinski definition) is 2. The molecule has 2 rings (SSSR count). The van der Waals surface area contributed by atoms with Gasteiger partial charge >= 0.3 is 0 Å². The molecule has 2 radical (unpaired) electrons. The standard InChI is InChI=1S/C8H11BN2O/c9-7-5-10-11(6-7)8-1-3-12-4-2-8/h5-6,8H,1-4H2. The van der Waals surface area contributed by atoms with Crippen molar-refractivity contribution in [1.29, 1.82) is 0 Å². The number of nitrogens with zero attached hydrogens (tertiary/aromatic N) is 2. The van der Waals surface area contributed by atoms with Gasteiger partial charge in [0.1, 0.15) is 7.85 Å². The van der Waals surface area contributed by atoms with E-state index in [1.807, 2.05) is 10.9 Å². The Hall–Kier alpha value is -0.765. The Morgan fingerprint density at radius 2 is 2.25 bits per heavy atom. The summed E-state index contributed by atoms with van der Waals surface area (Å²) in [5, 5.41) is 4.18. The van der Waals surface area contributed by atoms with Gasteiger partial charge in [-0.25, -0.2) is 0 Å². The fraction of sp³-hybridized carbons (Fsp3) is 0.625. The second kappa shape index (κ2) is 3.31. The first-order valence-electron chi connectivity index (χ1n) is 4.23. The molecule has 0 aromatic carbocycles. The number of rotatable bonds is 1. The highest BCUT2D eigenvalue weighted by atomic mass is 16.5. The Morgan fingerprint density at radius 1 is 1.50 bits per heavy atom. The van der Waals surface area contributed by atoms with Crippen LogP contribution in [0.3, 0.4) is 0 Å². The van der Waals surface area contributed by atoms with Crippen LogP contribution >= 0.6 is 0 Å². The van der Waals surface area contributed by atoms with Gasteiger partial charge in [0.2, 0.25) is 0 Å². The van der Waals surface area contributed by atoms with Gasteiger partial charge in [-0.2, -0.15) is 5.10 Å². The molecule has 0 N–H and O–H groups in total. The fourth-order valence-corrected chi connectivity index (χ4v) is 1.50. The Labute approximate surface area is 73.1 Å². The highest BCUT2D eigenvalue weighted by molar-refractivity contribution is 6.31. The molecule has 3 nitrogen and oxygen atoms in total. The van der Waals surface area contributed by atoms with Crippen LogP contribution in [0.15, 0.2) is 12.4 Å². The lowest BCUT2D eigenvalue weighted by Crippen LogP contribution is -2.20. The molecule has 0 bridgehead atoms. The molecule has 62 valence electrons. The van der Waals surface area contributed by atoms with E-state index in [1.54, 1.807) is 6.20 Å². The zero-order valence-electron chi connectivity index (χ0n) is 6.94. The first-order valence-corrected chi connectivity index (χ1v) is 4.23. The third-order valence-corrected chi connectivity index (χ3v) is 2.19. The third-order valence-electron chi connectivity index (χ3n) is 2.19. The van der Waals surface area contributed by atoms with Crippen LogP contribution in [0.2, 0.25) is 0 Å². The van der Waals surface area contributed by atoms with Crippen LogP contribution in [0.1, 0.15) is 18.9 Å². The van der Waals surface area contributed by atoms with Crippen LogP contribution in [-0.2, 0) is 4.74 Å². The van der Waals surface area contributed by atoms with Crippen molar-refractivity contribution in [3.63, 3.8) is 0 Å². The van der Waals surface area contributed by atoms with Crippen LogP contribution in [0, 0.1) is 0 Å². The Kier molecular flexibility index (Phi) is 2.17. The summed E-state index contributed by atoms with van der Waals surface area (Å²) in [5.74, 6) is 0. The number of aromatic nitrogens is 2. The van der Waals surface area contributed by atoms with Crippen molar-refractivity contribution in [3.8, 4) is 0 Å². The molecule has 0 spiro atoms. The lowest BCUT2D eigenvalue weighted by atomic mass is 10.0. The molecule has 1 aromatic heterocycles. The number of hydrogen-bond donors (Lipinski definition) is 0. The van der Waals surface area contributed by atoms with Gasteiger partial charge in [-0.1, -0.05) is 5.46 Å². The molecule has 12 heavy (non-hydrogen) atoms.